The number of carbonyl (C=O) groups is 1. The number of hydrogen-bond acceptors (Lipinski definition) is 4. The van der Waals surface area contributed by atoms with Crippen molar-refractivity contribution >= 4 is 47.2 Å². The largest absolute Gasteiger partial charge is 0.357 e. The Labute approximate surface area is 178 Å². The first-order chi connectivity index (χ1) is 12.0. The van der Waals surface area contributed by atoms with E-state index in [4.69, 9.17) is 0 Å². The summed E-state index contributed by atoms with van der Waals surface area (Å²) in [6.07, 6.45) is 2.89. The number of carbonyl (C=O) groups excluding carboxylic acids is 1. The van der Waals surface area contributed by atoms with Gasteiger partial charge in [-0.15, -0.1) is 35.3 Å². The number of aromatic nitrogens is 1. The molecular formula is C18H32IN5OS. The minimum absolute atomic E-state index is 0. The van der Waals surface area contributed by atoms with Gasteiger partial charge < -0.3 is 15.5 Å². The maximum Gasteiger partial charge on any atom is 0.225 e. The van der Waals surface area contributed by atoms with Gasteiger partial charge in [0.15, 0.2) is 5.96 Å². The van der Waals surface area contributed by atoms with Gasteiger partial charge in [-0.3, -0.25) is 4.79 Å². The summed E-state index contributed by atoms with van der Waals surface area (Å²) >= 11 is 1.70. The summed E-state index contributed by atoms with van der Waals surface area (Å²) in [4.78, 5) is 23.3. The number of rotatable bonds is 6. The van der Waals surface area contributed by atoms with E-state index in [1.165, 1.54) is 0 Å². The normalized spacial score (nSPS) is 15.7. The van der Waals surface area contributed by atoms with E-state index >= 15 is 0 Å². The van der Waals surface area contributed by atoms with Gasteiger partial charge in [-0.2, -0.15) is 0 Å². The molecule has 0 bridgehead atoms. The van der Waals surface area contributed by atoms with Crippen LogP contribution in [-0.4, -0.2) is 47.4 Å². The van der Waals surface area contributed by atoms with Gasteiger partial charge in [-0.1, -0.05) is 20.8 Å². The summed E-state index contributed by atoms with van der Waals surface area (Å²) in [7, 11) is 0. The molecule has 0 aliphatic carbocycles. The van der Waals surface area contributed by atoms with Crippen LogP contribution in [0.1, 0.15) is 51.2 Å². The summed E-state index contributed by atoms with van der Waals surface area (Å²) in [5.41, 5.74) is 1.02. The molecule has 1 amide bonds. The molecule has 1 saturated heterocycles. The van der Waals surface area contributed by atoms with Crippen molar-refractivity contribution in [3.63, 3.8) is 0 Å². The zero-order valence-corrected chi connectivity index (χ0v) is 19.4. The summed E-state index contributed by atoms with van der Waals surface area (Å²) < 4.78 is 0. The first-order valence-electron chi connectivity index (χ1n) is 9.30. The molecule has 2 N–H and O–H groups in total. The van der Waals surface area contributed by atoms with Crippen molar-refractivity contribution in [1.29, 1.82) is 0 Å². The number of hydrogen-bond donors (Lipinski definition) is 2. The Morgan fingerprint density at radius 2 is 2.08 bits per heavy atom. The Morgan fingerprint density at radius 1 is 1.38 bits per heavy atom. The summed E-state index contributed by atoms with van der Waals surface area (Å²) in [5, 5.41) is 10.1. The topological polar surface area (TPSA) is 69.6 Å². The standard InChI is InChI=1S/C18H31N5OS.HI/c1-5-16-21-15(12-25-16)11-20-18(19-6-2)22-14-7-9-23(10-8-14)17(24)13(3)4;/h12-14H,5-11H2,1-4H3,(H2,19,20,22);1H. The van der Waals surface area contributed by atoms with E-state index in [0.29, 0.717) is 12.6 Å². The molecule has 2 heterocycles. The summed E-state index contributed by atoms with van der Waals surface area (Å²) in [6.45, 7) is 11.2. The fraction of sp³-hybridized carbons (Fsp3) is 0.722. The Balaban J connectivity index is 0.00000338. The lowest BCUT2D eigenvalue weighted by Crippen LogP contribution is -2.50. The van der Waals surface area contributed by atoms with Crippen molar-refractivity contribution in [2.24, 2.45) is 10.9 Å². The Kier molecular flexibility index (Phi) is 10.4. The van der Waals surface area contributed by atoms with Crippen LogP contribution in [0.2, 0.25) is 0 Å². The lowest BCUT2D eigenvalue weighted by Gasteiger charge is -2.34. The van der Waals surface area contributed by atoms with Crippen molar-refractivity contribution in [2.45, 2.75) is 59.5 Å². The molecule has 2 rings (SSSR count). The van der Waals surface area contributed by atoms with E-state index in [9.17, 15) is 4.79 Å². The highest BCUT2D eigenvalue weighted by atomic mass is 127. The molecule has 0 radical (unpaired) electrons. The molecule has 1 aliphatic rings. The Morgan fingerprint density at radius 3 is 2.62 bits per heavy atom. The molecule has 26 heavy (non-hydrogen) atoms. The SMILES string of the molecule is CCNC(=NCc1csc(CC)n1)NC1CCN(C(=O)C(C)C)CC1.I. The third-order valence-corrected chi connectivity index (χ3v) is 5.33. The van der Waals surface area contributed by atoms with Gasteiger partial charge in [0.2, 0.25) is 5.91 Å². The van der Waals surface area contributed by atoms with Gasteiger partial charge in [-0.05, 0) is 26.2 Å². The molecule has 0 spiro atoms. The van der Waals surface area contributed by atoms with Crippen LogP contribution in [0.25, 0.3) is 0 Å². The number of thiazole rings is 1. The summed E-state index contributed by atoms with van der Waals surface area (Å²) in [6, 6.07) is 0.357. The van der Waals surface area contributed by atoms with Crippen molar-refractivity contribution in [2.75, 3.05) is 19.6 Å². The molecule has 0 aromatic carbocycles. The van der Waals surface area contributed by atoms with Crippen molar-refractivity contribution in [3.05, 3.63) is 16.1 Å². The number of halogens is 1. The van der Waals surface area contributed by atoms with Gasteiger partial charge in [0.1, 0.15) is 0 Å². The monoisotopic (exact) mass is 493 g/mol. The molecular weight excluding hydrogens is 461 g/mol. The highest BCUT2D eigenvalue weighted by Crippen LogP contribution is 2.14. The van der Waals surface area contributed by atoms with Gasteiger partial charge in [0.05, 0.1) is 17.2 Å². The smallest absolute Gasteiger partial charge is 0.225 e. The highest BCUT2D eigenvalue weighted by molar-refractivity contribution is 14.0. The number of nitrogens with zero attached hydrogens (tertiary/aromatic N) is 3. The Hall–Kier alpha value is -0.900. The van der Waals surface area contributed by atoms with Crippen LogP contribution in [-0.2, 0) is 17.8 Å². The van der Waals surface area contributed by atoms with E-state index in [-0.39, 0.29) is 35.8 Å². The molecule has 6 nitrogen and oxygen atoms in total. The molecule has 1 aliphatic heterocycles. The number of likely N-dealkylation sites (tertiary alicyclic amines) is 1. The van der Waals surface area contributed by atoms with Crippen molar-refractivity contribution in [3.8, 4) is 0 Å². The molecule has 8 heteroatoms. The van der Waals surface area contributed by atoms with E-state index in [0.717, 1.165) is 55.6 Å². The molecule has 0 unspecified atom stereocenters. The van der Waals surface area contributed by atoms with E-state index in [1.807, 2.05) is 18.7 Å². The average molecular weight is 493 g/mol. The van der Waals surface area contributed by atoms with Crippen molar-refractivity contribution in [1.82, 2.24) is 20.5 Å². The maximum atomic E-state index is 12.1. The van der Waals surface area contributed by atoms with Gasteiger partial charge >= 0.3 is 0 Å². The lowest BCUT2D eigenvalue weighted by molar-refractivity contribution is -0.135. The molecule has 1 aromatic rings. The fourth-order valence-electron chi connectivity index (χ4n) is 2.87. The van der Waals surface area contributed by atoms with Gasteiger partial charge in [0.25, 0.3) is 0 Å². The van der Waals surface area contributed by atoms with Gasteiger partial charge in [-0.25, -0.2) is 9.98 Å². The second-order valence-electron chi connectivity index (χ2n) is 6.68. The number of amides is 1. The van der Waals surface area contributed by atoms with Crippen LogP contribution in [0.3, 0.4) is 0 Å². The zero-order chi connectivity index (χ0) is 18.2. The lowest BCUT2D eigenvalue weighted by atomic mass is 10.0. The number of aryl methyl sites for hydroxylation is 1. The van der Waals surface area contributed by atoms with E-state index in [2.05, 4.69) is 39.8 Å². The summed E-state index contributed by atoms with van der Waals surface area (Å²) in [5.74, 6) is 1.17. The molecule has 1 aromatic heterocycles. The molecule has 0 atom stereocenters. The first-order valence-corrected chi connectivity index (χ1v) is 10.2. The van der Waals surface area contributed by atoms with Crippen LogP contribution in [0.15, 0.2) is 10.4 Å². The van der Waals surface area contributed by atoms with Crippen LogP contribution >= 0.6 is 35.3 Å². The first kappa shape index (κ1) is 23.1. The van der Waals surface area contributed by atoms with Crippen molar-refractivity contribution < 1.29 is 4.79 Å². The molecule has 0 saturated carbocycles. The third kappa shape index (κ3) is 7.02. The average Bonchev–Trinajstić information content (AvgIpc) is 3.08. The number of guanidine groups is 1. The highest BCUT2D eigenvalue weighted by Gasteiger charge is 2.24. The number of piperidine rings is 1. The van der Waals surface area contributed by atoms with Crippen LogP contribution < -0.4 is 10.6 Å². The predicted molar refractivity (Wildman–Crippen MR) is 119 cm³/mol. The zero-order valence-electron chi connectivity index (χ0n) is 16.2. The maximum absolute atomic E-state index is 12.1. The van der Waals surface area contributed by atoms with E-state index < -0.39 is 0 Å². The molecule has 148 valence electrons. The second-order valence-corrected chi connectivity index (χ2v) is 7.62. The Bertz CT molecular complexity index is 582. The quantitative estimate of drug-likeness (QED) is 0.363. The molecule has 1 fully saturated rings. The fourth-order valence-corrected chi connectivity index (χ4v) is 3.60. The second kappa shape index (κ2) is 11.7. The number of nitrogens with one attached hydrogen (secondary N) is 2. The predicted octanol–water partition coefficient (Wildman–Crippen LogP) is 3.03. The minimum atomic E-state index is 0. The van der Waals surface area contributed by atoms with Gasteiger partial charge in [0, 0.05) is 37.0 Å². The van der Waals surface area contributed by atoms with Crippen LogP contribution in [0, 0.1) is 5.92 Å². The van der Waals surface area contributed by atoms with E-state index in [1.54, 1.807) is 11.3 Å². The minimum Gasteiger partial charge on any atom is -0.357 e. The van der Waals surface area contributed by atoms with Crippen LogP contribution in [0.4, 0.5) is 0 Å². The van der Waals surface area contributed by atoms with Crippen LogP contribution in [0.5, 0.6) is 0 Å². The number of aliphatic imine (C=N–C) groups is 1. The third-order valence-electron chi connectivity index (χ3n) is 4.29.